The summed E-state index contributed by atoms with van der Waals surface area (Å²) in [7, 11) is 0. The molecule has 0 aliphatic carbocycles. The van der Waals surface area contributed by atoms with E-state index in [1.54, 1.807) is 17.0 Å². The molecule has 0 radical (unpaired) electrons. The van der Waals surface area contributed by atoms with Gasteiger partial charge in [0.15, 0.2) is 16.6 Å². The second-order valence-electron chi connectivity index (χ2n) is 7.41. The van der Waals surface area contributed by atoms with Crippen LogP contribution in [0.1, 0.15) is 13.3 Å². The van der Waals surface area contributed by atoms with Crippen molar-refractivity contribution in [2.24, 2.45) is 0 Å². The molecule has 3 amide bonds. The zero-order valence-electron chi connectivity index (χ0n) is 17.4. The Morgan fingerprint density at radius 2 is 2.06 bits per heavy atom. The van der Waals surface area contributed by atoms with Gasteiger partial charge in [0.25, 0.3) is 0 Å². The van der Waals surface area contributed by atoms with Crippen molar-refractivity contribution in [3.05, 3.63) is 36.4 Å². The van der Waals surface area contributed by atoms with Crippen LogP contribution in [0.15, 0.2) is 36.4 Å². The predicted octanol–water partition coefficient (Wildman–Crippen LogP) is 3.39. The molecule has 0 saturated carbocycles. The van der Waals surface area contributed by atoms with Gasteiger partial charge >= 0.3 is 6.03 Å². The van der Waals surface area contributed by atoms with Crippen molar-refractivity contribution in [1.82, 2.24) is 10.3 Å². The van der Waals surface area contributed by atoms with Gasteiger partial charge in [-0.25, -0.2) is 9.78 Å². The minimum Gasteiger partial charge on any atom is -0.494 e. The van der Waals surface area contributed by atoms with E-state index in [0.29, 0.717) is 43.0 Å². The molecule has 3 heterocycles. The highest BCUT2D eigenvalue weighted by molar-refractivity contribution is 7.22. The number of urea groups is 1. The number of rotatable bonds is 5. The average molecular weight is 455 g/mol. The van der Waals surface area contributed by atoms with Crippen LogP contribution in [-0.4, -0.2) is 49.3 Å². The summed E-state index contributed by atoms with van der Waals surface area (Å²) in [5, 5.41) is 6.12. The summed E-state index contributed by atoms with van der Waals surface area (Å²) in [4.78, 5) is 31.1. The van der Waals surface area contributed by atoms with Gasteiger partial charge in [-0.05, 0) is 37.3 Å². The van der Waals surface area contributed by atoms with E-state index in [9.17, 15) is 9.59 Å². The average Bonchev–Trinajstić information content (AvgIpc) is 3.35. The van der Waals surface area contributed by atoms with Crippen molar-refractivity contribution >= 4 is 44.3 Å². The Bertz CT molecular complexity index is 1180. The first-order valence-electron chi connectivity index (χ1n) is 10.4. The summed E-state index contributed by atoms with van der Waals surface area (Å²) in [5.74, 6) is 2.00. The normalized spacial score (nSPS) is 17.5. The molecule has 0 spiro atoms. The predicted molar refractivity (Wildman–Crippen MR) is 121 cm³/mol. The highest BCUT2D eigenvalue weighted by Crippen LogP contribution is 2.35. The SMILES string of the molecule is CCOc1ccc2nc(NC(=O)N[C@@H]3CC(=O)N(c4ccc5c(c4)OCCO5)C3)sc2c1. The van der Waals surface area contributed by atoms with Gasteiger partial charge in [-0.1, -0.05) is 11.3 Å². The molecule has 3 aromatic rings. The summed E-state index contributed by atoms with van der Waals surface area (Å²) in [6.07, 6.45) is 0.222. The molecule has 0 bridgehead atoms. The lowest BCUT2D eigenvalue weighted by Crippen LogP contribution is -2.39. The van der Waals surface area contributed by atoms with Gasteiger partial charge in [-0.2, -0.15) is 0 Å². The summed E-state index contributed by atoms with van der Waals surface area (Å²) >= 11 is 1.37. The van der Waals surface area contributed by atoms with Crippen LogP contribution >= 0.6 is 11.3 Å². The van der Waals surface area contributed by atoms with Crippen LogP contribution in [0, 0.1) is 0 Å². The number of benzene rings is 2. The fraction of sp³-hybridized carbons (Fsp3) is 0.318. The number of nitrogens with zero attached hydrogens (tertiary/aromatic N) is 2. The zero-order chi connectivity index (χ0) is 22.1. The van der Waals surface area contributed by atoms with Crippen molar-refractivity contribution in [2.45, 2.75) is 19.4 Å². The molecule has 1 saturated heterocycles. The molecule has 10 heteroatoms. The third kappa shape index (κ3) is 4.13. The van der Waals surface area contributed by atoms with Gasteiger partial charge < -0.3 is 24.4 Å². The first-order valence-corrected chi connectivity index (χ1v) is 11.2. The number of carbonyl (C=O) groups is 2. The molecule has 1 aromatic heterocycles. The summed E-state index contributed by atoms with van der Waals surface area (Å²) in [6, 6.07) is 10.3. The van der Waals surface area contributed by atoms with E-state index in [4.69, 9.17) is 14.2 Å². The van der Waals surface area contributed by atoms with Crippen LogP contribution in [0.4, 0.5) is 15.6 Å². The van der Waals surface area contributed by atoms with Gasteiger partial charge in [0.1, 0.15) is 19.0 Å². The van der Waals surface area contributed by atoms with Gasteiger partial charge in [-0.15, -0.1) is 0 Å². The number of aromatic nitrogens is 1. The Hall–Kier alpha value is -3.53. The molecule has 2 N–H and O–H groups in total. The van der Waals surface area contributed by atoms with Gasteiger partial charge in [0.2, 0.25) is 5.91 Å². The van der Waals surface area contributed by atoms with Crippen LogP contribution in [0.5, 0.6) is 17.2 Å². The third-order valence-corrected chi connectivity index (χ3v) is 6.12. The number of amides is 3. The maximum absolute atomic E-state index is 12.6. The number of anilines is 2. The van der Waals surface area contributed by atoms with Crippen molar-refractivity contribution < 1.29 is 23.8 Å². The Labute approximate surface area is 188 Å². The van der Waals surface area contributed by atoms with Crippen molar-refractivity contribution in [1.29, 1.82) is 0 Å². The molecule has 1 fully saturated rings. The number of nitrogens with one attached hydrogen (secondary N) is 2. The monoisotopic (exact) mass is 454 g/mol. The van der Waals surface area contributed by atoms with Crippen LogP contribution in [0.25, 0.3) is 10.2 Å². The maximum Gasteiger partial charge on any atom is 0.321 e. The van der Waals surface area contributed by atoms with E-state index in [1.807, 2.05) is 31.2 Å². The van der Waals surface area contributed by atoms with E-state index in [2.05, 4.69) is 15.6 Å². The van der Waals surface area contributed by atoms with E-state index in [0.717, 1.165) is 21.7 Å². The van der Waals surface area contributed by atoms with Gasteiger partial charge in [0, 0.05) is 24.7 Å². The quantitative estimate of drug-likeness (QED) is 0.613. The van der Waals surface area contributed by atoms with E-state index in [-0.39, 0.29) is 18.4 Å². The Balaban J connectivity index is 1.22. The number of ether oxygens (including phenoxy) is 3. The van der Waals surface area contributed by atoms with Crippen molar-refractivity contribution in [3.63, 3.8) is 0 Å². The number of thiazole rings is 1. The highest BCUT2D eigenvalue weighted by Gasteiger charge is 2.32. The molecule has 2 aliphatic heterocycles. The number of hydrogen-bond acceptors (Lipinski definition) is 7. The summed E-state index contributed by atoms with van der Waals surface area (Å²) < 4.78 is 17.6. The lowest BCUT2D eigenvalue weighted by Gasteiger charge is -2.22. The zero-order valence-corrected chi connectivity index (χ0v) is 18.2. The highest BCUT2D eigenvalue weighted by atomic mass is 32.1. The fourth-order valence-corrected chi connectivity index (χ4v) is 4.68. The number of fused-ring (bicyclic) bond motifs is 2. The second kappa shape index (κ2) is 8.54. The van der Waals surface area contributed by atoms with Crippen LogP contribution in [-0.2, 0) is 4.79 Å². The van der Waals surface area contributed by atoms with Crippen molar-refractivity contribution in [3.8, 4) is 17.2 Å². The first kappa shape index (κ1) is 20.4. The van der Waals surface area contributed by atoms with Crippen molar-refractivity contribution in [2.75, 3.05) is 36.6 Å². The smallest absolute Gasteiger partial charge is 0.321 e. The van der Waals surface area contributed by atoms with E-state index < -0.39 is 6.03 Å². The molecule has 2 aromatic carbocycles. The molecule has 0 unspecified atom stereocenters. The number of hydrogen-bond donors (Lipinski definition) is 2. The second-order valence-corrected chi connectivity index (χ2v) is 8.44. The van der Waals surface area contributed by atoms with E-state index >= 15 is 0 Å². The van der Waals surface area contributed by atoms with E-state index in [1.165, 1.54) is 11.3 Å². The molecule has 2 aliphatic rings. The lowest BCUT2D eigenvalue weighted by atomic mass is 10.2. The van der Waals surface area contributed by atoms with Crippen LogP contribution < -0.4 is 29.7 Å². The molecule has 1 atom stereocenters. The third-order valence-electron chi connectivity index (χ3n) is 5.19. The maximum atomic E-state index is 12.6. The fourth-order valence-electron chi connectivity index (χ4n) is 3.79. The topological polar surface area (TPSA) is 102 Å². The van der Waals surface area contributed by atoms with Crippen LogP contribution in [0.2, 0.25) is 0 Å². The van der Waals surface area contributed by atoms with Gasteiger partial charge in [0.05, 0.1) is 22.9 Å². The molecule has 9 nitrogen and oxygen atoms in total. The minimum absolute atomic E-state index is 0.0598. The molecule has 166 valence electrons. The molecule has 32 heavy (non-hydrogen) atoms. The Morgan fingerprint density at radius 3 is 2.91 bits per heavy atom. The summed E-state index contributed by atoms with van der Waals surface area (Å²) in [5.41, 5.74) is 1.51. The number of carbonyl (C=O) groups excluding carboxylic acids is 2. The molecule has 5 rings (SSSR count). The minimum atomic E-state index is -0.393. The first-order chi connectivity index (χ1) is 15.6. The van der Waals surface area contributed by atoms with Gasteiger partial charge in [-0.3, -0.25) is 10.1 Å². The summed E-state index contributed by atoms with van der Waals surface area (Å²) in [6.45, 7) is 3.88. The lowest BCUT2D eigenvalue weighted by molar-refractivity contribution is -0.117. The molecular formula is C22H22N4O5S. The van der Waals surface area contributed by atoms with Crippen LogP contribution in [0.3, 0.4) is 0 Å². The molecular weight excluding hydrogens is 432 g/mol. The Morgan fingerprint density at radius 1 is 1.22 bits per heavy atom. The largest absolute Gasteiger partial charge is 0.494 e. The standard InChI is InChI=1S/C22H22N4O5S/c1-2-29-15-4-5-16-19(11-15)32-22(24-16)25-21(28)23-13-9-20(27)26(12-13)14-3-6-17-18(10-14)31-8-7-30-17/h3-6,10-11,13H,2,7-9,12H2,1H3,(H2,23,24,25,28)/t13-/m1/s1. The Kier molecular flexibility index (Phi) is 5.44.